The van der Waals surface area contributed by atoms with Crippen molar-refractivity contribution in [2.45, 2.75) is 31.7 Å². The lowest BCUT2D eigenvalue weighted by Gasteiger charge is -2.35. The summed E-state index contributed by atoms with van der Waals surface area (Å²) in [5.74, 6) is 6.71. The van der Waals surface area contributed by atoms with Gasteiger partial charge in [-0.2, -0.15) is 0 Å². The van der Waals surface area contributed by atoms with Gasteiger partial charge in [0.1, 0.15) is 0 Å². The smallest absolute Gasteiger partial charge is 0.0639 e. The van der Waals surface area contributed by atoms with Gasteiger partial charge >= 0.3 is 0 Å². The summed E-state index contributed by atoms with van der Waals surface area (Å²) in [6, 6.07) is 0.501. The van der Waals surface area contributed by atoms with Crippen LogP contribution < -0.4 is 5.84 Å². The van der Waals surface area contributed by atoms with Gasteiger partial charge in [-0.3, -0.25) is 5.84 Å². The standard InChI is InChI=1S/C9H18N2O/c10-11-5-6-12-7-9(11)8-3-1-2-4-8/h8-9H,1-7,10H2. The number of nitrogens with two attached hydrogens (primary N) is 1. The molecule has 0 bridgehead atoms. The van der Waals surface area contributed by atoms with Gasteiger partial charge in [0, 0.05) is 6.54 Å². The van der Waals surface area contributed by atoms with Gasteiger partial charge in [-0.05, 0) is 18.8 Å². The van der Waals surface area contributed by atoms with E-state index in [1.165, 1.54) is 25.7 Å². The van der Waals surface area contributed by atoms with Gasteiger partial charge in [-0.1, -0.05) is 12.8 Å². The van der Waals surface area contributed by atoms with Crippen LogP contribution in [0.3, 0.4) is 0 Å². The Kier molecular flexibility index (Phi) is 2.63. The highest BCUT2D eigenvalue weighted by Crippen LogP contribution is 2.30. The minimum absolute atomic E-state index is 0.501. The van der Waals surface area contributed by atoms with Crippen molar-refractivity contribution in [2.75, 3.05) is 19.8 Å². The van der Waals surface area contributed by atoms with Gasteiger partial charge in [-0.25, -0.2) is 5.01 Å². The summed E-state index contributed by atoms with van der Waals surface area (Å²) in [6.45, 7) is 2.56. The van der Waals surface area contributed by atoms with Gasteiger partial charge in [0.2, 0.25) is 0 Å². The average molecular weight is 170 g/mol. The van der Waals surface area contributed by atoms with Crippen molar-refractivity contribution in [1.29, 1.82) is 0 Å². The molecule has 0 amide bonds. The Morgan fingerprint density at radius 1 is 1.25 bits per heavy atom. The molecule has 0 aromatic rings. The van der Waals surface area contributed by atoms with E-state index in [4.69, 9.17) is 10.6 Å². The predicted molar refractivity (Wildman–Crippen MR) is 47.5 cm³/mol. The monoisotopic (exact) mass is 170 g/mol. The quantitative estimate of drug-likeness (QED) is 0.590. The zero-order valence-electron chi connectivity index (χ0n) is 7.54. The lowest BCUT2D eigenvalue weighted by molar-refractivity contribution is -0.0297. The molecule has 0 aromatic heterocycles. The van der Waals surface area contributed by atoms with Crippen LogP contribution in [0.2, 0.25) is 0 Å². The molecule has 0 radical (unpaired) electrons. The van der Waals surface area contributed by atoms with E-state index in [0.717, 1.165) is 25.7 Å². The summed E-state index contributed by atoms with van der Waals surface area (Å²) in [5.41, 5.74) is 0. The van der Waals surface area contributed by atoms with E-state index in [1.807, 2.05) is 5.01 Å². The molecule has 3 nitrogen and oxygen atoms in total. The van der Waals surface area contributed by atoms with Gasteiger partial charge in [0.15, 0.2) is 0 Å². The highest BCUT2D eigenvalue weighted by molar-refractivity contribution is 4.82. The van der Waals surface area contributed by atoms with Crippen LogP contribution in [0, 0.1) is 5.92 Å². The van der Waals surface area contributed by atoms with Crippen molar-refractivity contribution < 1.29 is 4.74 Å². The van der Waals surface area contributed by atoms with Crippen molar-refractivity contribution in [1.82, 2.24) is 5.01 Å². The topological polar surface area (TPSA) is 38.5 Å². The van der Waals surface area contributed by atoms with Crippen molar-refractivity contribution in [3.05, 3.63) is 0 Å². The maximum atomic E-state index is 5.91. The number of nitrogens with zero attached hydrogens (tertiary/aromatic N) is 1. The molecule has 1 heterocycles. The van der Waals surface area contributed by atoms with Crippen LogP contribution in [-0.4, -0.2) is 30.8 Å². The predicted octanol–water partition coefficient (Wildman–Crippen LogP) is 0.751. The normalized spacial score (nSPS) is 34.2. The fraction of sp³-hybridized carbons (Fsp3) is 1.00. The molecule has 1 unspecified atom stereocenters. The molecule has 0 aromatic carbocycles. The Hall–Kier alpha value is -0.120. The largest absolute Gasteiger partial charge is 0.378 e. The summed E-state index contributed by atoms with van der Waals surface area (Å²) >= 11 is 0. The summed E-state index contributed by atoms with van der Waals surface area (Å²) in [7, 11) is 0. The number of hydrazine groups is 1. The van der Waals surface area contributed by atoms with E-state index < -0.39 is 0 Å². The van der Waals surface area contributed by atoms with Gasteiger partial charge in [0.05, 0.1) is 19.3 Å². The Morgan fingerprint density at radius 2 is 2.00 bits per heavy atom. The fourth-order valence-corrected chi connectivity index (χ4v) is 2.38. The van der Waals surface area contributed by atoms with Gasteiger partial charge < -0.3 is 4.74 Å². The zero-order chi connectivity index (χ0) is 8.39. The molecule has 12 heavy (non-hydrogen) atoms. The van der Waals surface area contributed by atoms with E-state index in [1.54, 1.807) is 0 Å². The van der Waals surface area contributed by atoms with E-state index in [-0.39, 0.29) is 0 Å². The number of morpholine rings is 1. The number of ether oxygens (including phenoxy) is 1. The van der Waals surface area contributed by atoms with Crippen LogP contribution in [-0.2, 0) is 4.74 Å². The Bertz CT molecular complexity index is 145. The van der Waals surface area contributed by atoms with E-state index >= 15 is 0 Å². The van der Waals surface area contributed by atoms with Crippen LogP contribution in [0.1, 0.15) is 25.7 Å². The third kappa shape index (κ3) is 1.63. The molecule has 0 spiro atoms. The molecule has 1 saturated heterocycles. The molecule has 1 saturated carbocycles. The first-order valence-electron chi connectivity index (χ1n) is 4.97. The second kappa shape index (κ2) is 3.73. The summed E-state index contributed by atoms with van der Waals surface area (Å²) < 4.78 is 5.44. The first kappa shape index (κ1) is 8.48. The maximum Gasteiger partial charge on any atom is 0.0639 e. The maximum absolute atomic E-state index is 5.91. The lowest BCUT2D eigenvalue weighted by atomic mass is 9.98. The molecule has 70 valence electrons. The van der Waals surface area contributed by atoms with Crippen molar-refractivity contribution >= 4 is 0 Å². The number of hydrogen-bond donors (Lipinski definition) is 1. The molecular formula is C9H18N2O. The van der Waals surface area contributed by atoms with E-state index in [9.17, 15) is 0 Å². The van der Waals surface area contributed by atoms with Crippen LogP contribution >= 0.6 is 0 Å². The first-order chi connectivity index (χ1) is 5.88. The van der Waals surface area contributed by atoms with Gasteiger partial charge in [0.25, 0.3) is 0 Å². The summed E-state index contributed by atoms with van der Waals surface area (Å²) in [5, 5.41) is 1.99. The Balaban J connectivity index is 1.91. The molecule has 1 aliphatic heterocycles. The molecule has 2 fully saturated rings. The molecule has 1 aliphatic carbocycles. The van der Waals surface area contributed by atoms with Crippen molar-refractivity contribution in [3.8, 4) is 0 Å². The molecule has 2 N–H and O–H groups in total. The Morgan fingerprint density at radius 3 is 2.67 bits per heavy atom. The third-order valence-corrected chi connectivity index (χ3v) is 3.15. The van der Waals surface area contributed by atoms with Crippen molar-refractivity contribution in [3.63, 3.8) is 0 Å². The summed E-state index contributed by atoms with van der Waals surface area (Å²) in [6.07, 6.45) is 5.47. The minimum Gasteiger partial charge on any atom is -0.378 e. The second-order valence-electron chi connectivity index (χ2n) is 3.92. The van der Waals surface area contributed by atoms with Gasteiger partial charge in [-0.15, -0.1) is 0 Å². The van der Waals surface area contributed by atoms with Crippen LogP contribution in [0.15, 0.2) is 0 Å². The third-order valence-electron chi connectivity index (χ3n) is 3.15. The molecular weight excluding hydrogens is 152 g/mol. The molecule has 3 heteroatoms. The highest BCUT2D eigenvalue weighted by atomic mass is 16.5. The first-order valence-corrected chi connectivity index (χ1v) is 4.97. The highest BCUT2D eigenvalue weighted by Gasteiger charge is 2.30. The second-order valence-corrected chi connectivity index (χ2v) is 3.92. The average Bonchev–Trinajstić information content (AvgIpc) is 2.57. The van der Waals surface area contributed by atoms with Crippen molar-refractivity contribution in [2.24, 2.45) is 11.8 Å². The van der Waals surface area contributed by atoms with E-state index in [0.29, 0.717) is 6.04 Å². The van der Waals surface area contributed by atoms with Crippen LogP contribution in [0.25, 0.3) is 0 Å². The fourth-order valence-electron chi connectivity index (χ4n) is 2.38. The Labute approximate surface area is 73.8 Å². The van der Waals surface area contributed by atoms with E-state index in [2.05, 4.69) is 0 Å². The minimum atomic E-state index is 0.501. The molecule has 1 atom stereocenters. The lowest BCUT2D eigenvalue weighted by Crippen LogP contribution is -2.52. The van der Waals surface area contributed by atoms with Crippen LogP contribution in [0.5, 0.6) is 0 Å². The van der Waals surface area contributed by atoms with Crippen LogP contribution in [0.4, 0.5) is 0 Å². The summed E-state index contributed by atoms with van der Waals surface area (Å²) in [4.78, 5) is 0. The number of hydrogen-bond acceptors (Lipinski definition) is 3. The molecule has 2 rings (SSSR count). The SMILES string of the molecule is NN1CCOCC1C1CCCC1. The number of rotatable bonds is 1. The molecule has 2 aliphatic rings. The zero-order valence-corrected chi connectivity index (χ0v) is 7.54.